The molecule has 0 amide bonds. The van der Waals surface area contributed by atoms with Crippen molar-refractivity contribution in [3.63, 3.8) is 0 Å². The van der Waals surface area contributed by atoms with Gasteiger partial charge in [-0.2, -0.15) is 0 Å². The van der Waals surface area contributed by atoms with Crippen LogP contribution in [0.3, 0.4) is 0 Å². The average Bonchev–Trinajstić information content (AvgIpc) is 2.84. The number of hydrogen-bond donors (Lipinski definition) is 1. The standard InChI is InChI=1S/C12H9ClN2O2/c1-7-2-3-10(17-7)12-14-11(13)9-6-8(16)4-5-15(9)12/h2-6,16H,1H3. The number of halogens is 1. The molecule has 0 saturated heterocycles. The molecule has 3 rings (SSSR count). The molecule has 4 nitrogen and oxygen atoms in total. The summed E-state index contributed by atoms with van der Waals surface area (Å²) < 4.78 is 7.29. The first kappa shape index (κ1) is 10.2. The van der Waals surface area contributed by atoms with Crippen LogP contribution >= 0.6 is 11.6 Å². The largest absolute Gasteiger partial charge is 0.508 e. The monoisotopic (exact) mass is 248 g/mol. The van der Waals surface area contributed by atoms with Crippen molar-refractivity contribution >= 4 is 17.1 Å². The van der Waals surface area contributed by atoms with Crippen molar-refractivity contribution in [3.05, 3.63) is 41.4 Å². The highest BCUT2D eigenvalue weighted by atomic mass is 35.5. The Morgan fingerprint density at radius 1 is 1.35 bits per heavy atom. The third kappa shape index (κ3) is 1.57. The third-order valence-corrected chi connectivity index (χ3v) is 2.82. The molecule has 3 heterocycles. The van der Waals surface area contributed by atoms with Crippen LogP contribution in [-0.4, -0.2) is 14.5 Å². The van der Waals surface area contributed by atoms with E-state index in [4.69, 9.17) is 16.0 Å². The fraction of sp³-hybridized carbons (Fsp3) is 0.0833. The normalized spacial score (nSPS) is 11.2. The van der Waals surface area contributed by atoms with Gasteiger partial charge < -0.3 is 9.52 Å². The Morgan fingerprint density at radius 3 is 2.88 bits per heavy atom. The molecule has 0 aliphatic rings. The lowest BCUT2D eigenvalue weighted by molar-refractivity contribution is 0.475. The molecule has 3 aromatic rings. The number of aryl methyl sites for hydroxylation is 1. The topological polar surface area (TPSA) is 50.7 Å². The summed E-state index contributed by atoms with van der Waals surface area (Å²) in [6.45, 7) is 1.87. The molecular weight excluding hydrogens is 240 g/mol. The summed E-state index contributed by atoms with van der Waals surface area (Å²) in [6.07, 6.45) is 1.71. The maximum absolute atomic E-state index is 9.42. The first-order valence-corrected chi connectivity index (χ1v) is 5.46. The number of imidazole rings is 1. The maximum Gasteiger partial charge on any atom is 0.182 e. The smallest absolute Gasteiger partial charge is 0.182 e. The van der Waals surface area contributed by atoms with Gasteiger partial charge >= 0.3 is 0 Å². The van der Waals surface area contributed by atoms with Gasteiger partial charge in [-0.1, -0.05) is 11.6 Å². The first-order chi connectivity index (χ1) is 8.15. The number of hydrogen-bond acceptors (Lipinski definition) is 3. The SMILES string of the molecule is Cc1ccc(-c2nc(Cl)c3cc(O)ccn23)o1. The van der Waals surface area contributed by atoms with E-state index in [2.05, 4.69) is 4.98 Å². The summed E-state index contributed by atoms with van der Waals surface area (Å²) in [5.41, 5.74) is 0.649. The van der Waals surface area contributed by atoms with E-state index in [1.165, 1.54) is 0 Å². The molecule has 0 bridgehead atoms. The molecule has 0 atom stereocenters. The summed E-state index contributed by atoms with van der Waals surface area (Å²) in [5.74, 6) is 2.24. The number of aromatic nitrogens is 2. The second-order valence-electron chi connectivity index (χ2n) is 3.78. The Morgan fingerprint density at radius 2 is 2.18 bits per heavy atom. The van der Waals surface area contributed by atoms with E-state index in [-0.39, 0.29) is 5.75 Å². The Balaban J connectivity index is 2.31. The van der Waals surface area contributed by atoms with Gasteiger partial charge in [0.15, 0.2) is 16.7 Å². The lowest BCUT2D eigenvalue weighted by Crippen LogP contribution is -1.86. The first-order valence-electron chi connectivity index (χ1n) is 5.08. The quantitative estimate of drug-likeness (QED) is 0.719. The van der Waals surface area contributed by atoms with E-state index in [0.29, 0.717) is 22.3 Å². The predicted molar refractivity (Wildman–Crippen MR) is 64.3 cm³/mol. The third-order valence-electron chi connectivity index (χ3n) is 2.54. The van der Waals surface area contributed by atoms with Gasteiger partial charge in [0, 0.05) is 12.3 Å². The number of nitrogens with zero attached hydrogens (tertiary/aromatic N) is 2. The summed E-state index contributed by atoms with van der Waals surface area (Å²) in [6, 6.07) is 6.84. The summed E-state index contributed by atoms with van der Waals surface area (Å²) in [5, 5.41) is 9.75. The fourth-order valence-electron chi connectivity index (χ4n) is 1.77. The van der Waals surface area contributed by atoms with E-state index >= 15 is 0 Å². The van der Waals surface area contributed by atoms with Crippen molar-refractivity contribution in [2.24, 2.45) is 0 Å². The van der Waals surface area contributed by atoms with Crippen LogP contribution in [0, 0.1) is 6.92 Å². The second-order valence-corrected chi connectivity index (χ2v) is 4.13. The summed E-state index contributed by atoms with van der Waals surface area (Å²) in [4.78, 5) is 4.24. The van der Waals surface area contributed by atoms with Crippen molar-refractivity contribution in [2.75, 3.05) is 0 Å². The van der Waals surface area contributed by atoms with Gasteiger partial charge in [-0.15, -0.1) is 0 Å². The van der Waals surface area contributed by atoms with Crippen molar-refractivity contribution in [1.29, 1.82) is 0 Å². The molecule has 3 aromatic heterocycles. The van der Waals surface area contributed by atoms with Crippen LogP contribution < -0.4 is 0 Å². The van der Waals surface area contributed by atoms with E-state index in [1.54, 1.807) is 22.7 Å². The van der Waals surface area contributed by atoms with Gasteiger partial charge in [-0.25, -0.2) is 4.98 Å². The molecule has 5 heteroatoms. The highest BCUT2D eigenvalue weighted by molar-refractivity contribution is 6.32. The predicted octanol–water partition coefficient (Wildman–Crippen LogP) is 3.26. The van der Waals surface area contributed by atoms with Crippen LogP contribution in [0.25, 0.3) is 17.1 Å². The van der Waals surface area contributed by atoms with Crippen LogP contribution in [-0.2, 0) is 0 Å². The highest BCUT2D eigenvalue weighted by Gasteiger charge is 2.14. The van der Waals surface area contributed by atoms with E-state index in [0.717, 1.165) is 5.76 Å². The molecular formula is C12H9ClN2O2. The molecule has 17 heavy (non-hydrogen) atoms. The van der Waals surface area contributed by atoms with Crippen LogP contribution in [0.4, 0.5) is 0 Å². The molecule has 0 aromatic carbocycles. The summed E-state index contributed by atoms with van der Waals surface area (Å²) in [7, 11) is 0. The van der Waals surface area contributed by atoms with Gasteiger partial charge in [-0.05, 0) is 25.1 Å². The number of fused-ring (bicyclic) bond motifs is 1. The Labute approximate surface area is 102 Å². The van der Waals surface area contributed by atoms with Gasteiger partial charge in [-0.3, -0.25) is 4.40 Å². The molecule has 0 aliphatic heterocycles. The molecule has 0 unspecified atom stereocenters. The van der Waals surface area contributed by atoms with E-state index in [9.17, 15) is 5.11 Å². The van der Waals surface area contributed by atoms with Gasteiger partial charge in [0.05, 0.1) is 5.52 Å². The van der Waals surface area contributed by atoms with Crippen LogP contribution in [0.1, 0.15) is 5.76 Å². The molecule has 0 saturated carbocycles. The minimum absolute atomic E-state index is 0.154. The lowest BCUT2D eigenvalue weighted by Gasteiger charge is -1.98. The van der Waals surface area contributed by atoms with E-state index in [1.807, 2.05) is 19.1 Å². The minimum Gasteiger partial charge on any atom is -0.508 e. The molecule has 0 aliphatic carbocycles. The van der Waals surface area contributed by atoms with Crippen LogP contribution in [0.2, 0.25) is 5.15 Å². The highest BCUT2D eigenvalue weighted by Crippen LogP contribution is 2.28. The Hall–Kier alpha value is -1.94. The second kappa shape index (κ2) is 3.53. The van der Waals surface area contributed by atoms with Crippen LogP contribution in [0.15, 0.2) is 34.9 Å². The Kier molecular flexibility index (Phi) is 2.12. The Bertz CT molecular complexity index is 700. The molecule has 0 fully saturated rings. The number of aromatic hydroxyl groups is 1. The molecule has 1 N–H and O–H groups in total. The lowest BCUT2D eigenvalue weighted by atomic mass is 10.4. The maximum atomic E-state index is 9.42. The minimum atomic E-state index is 0.154. The number of furan rings is 1. The van der Waals surface area contributed by atoms with E-state index < -0.39 is 0 Å². The van der Waals surface area contributed by atoms with Crippen molar-refractivity contribution in [3.8, 4) is 17.3 Å². The van der Waals surface area contributed by atoms with Gasteiger partial charge in [0.1, 0.15) is 11.5 Å². The zero-order valence-electron chi connectivity index (χ0n) is 9.01. The number of rotatable bonds is 1. The zero-order valence-corrected chi connectivity index (χ0v) is 9.77. The summed E-state index contributed by atoms with van der Waals surface area (Å²) >= 11 is 6.02. The van der Waals surface area contributed by atoms with Crippen molar-refractivity contribution in [1.82, 2.24) is 9.38 Å². The molecule has 0 radical (unpaired) electrons. The van der Waals surface area contributed by atoms with Crippen molar-refractivity contribution in [2.45, 2.75) is 6.92 Å². The van der Waals surface area contributed by atoms with Gasteiger partial charge in [0.2, 0.25) is 0 Å². The van der Waals surface area contributed by atoms with Gasteiger partial charge in [0.25, 0.3) is 0 Å². The van der Waals surface area contributed by atoms with Crippen molar-refractivity contribution < 1.29 is 9.52 Å². The zero-order chi connectivity index (χ0) is 12.0. The average molecular weight is 249 g/mol. The molecule has 86 valence electrons. The number of pyridine rings is 1. The fourth-order valence-corrected chi connectivity index (χ4v) is 1.99. The van der Waals surface area contributed by atoms with Crippen LogP contribution in [0.5, 0.6) is 5.75 Å². The molecule has 0 spiro atoms.